The second-order valence-electron chi connectivity index (χ2n) is 6.16. The largest absolute Gasteiger partial charge is 0.388 e. The predicted octanol–water partition coefficient (Wildman–Crippen LogP) is 5.99. The molecule has 0 aliphatic rings. The quantitative estimate of drug-likeness (QED) is 0.497. The van der Waals surface area contributed by atoms with Crippen LogP contribution >= 0.6 is 0 Å². The summed E-state index contributed by atoms with van der Waals surface area (Å²) in [6, 6.07) is 6.52. The van der Waals surface area contributed by atoms with Crippen LogP contribution < -0.4 is 0 Å². The topological polar surface area (TPSA) is 20.2 Å². The van der Waals surface area contributed by atoms with Crippen molar-refractivity contribution in [1.29, 1.82) is 0 Å². The average molecular weight is 290 g/mol. The van der Waals surface area contributed by atoms with Crippen LogP contribution in [0.4, 0.5) is 0 Å². The number of rotatable bonds is 11. The molecule has 1 unspecified atom stereocenters. The number of benzene rings is 1. The van der Waals surface area contributed by atoms with E-state index in [1.165, 1.54) is 49.7 Å². The van der Waals surface area contributed by atoms with Gasteiger partial charge in [0.25, 0.3) is 0 Å². The second kappa shape index (κ2) is 10.8. The first-order valence-corrected chi connectivity index (χ1v) is 9.02. The Kier molecular flexibility index (Phi) is 9.41. The molecule has 0 fully saturated rings. The highest BCUT2D eigenvalue weighted by Crippen LogP contribution is 2.23. The lowest BCUT2D eigenvalue weighted by molar-refractivity contribution is 0.163. The van der Waals surface area contributed by atoms with Crippen molar-refractivity contribution in [3.05, 3.63) is 34.9 Å². The van der Waals surface area contributed by atoms with Gasteiger partial charge in [0.15, 0.2) is 0 Å². The summed E-state index contributed by atoms with van der Waals surface area (Å²) in [7, 11) is 0. The summed E-state index contributed by atoms with van der Waals surface area (Å²) in [5.41, 5.74) is 3.92. The van der Waals surface area contributed by atoms with Gasteiger partial charge in [0, 0.05) is 0 Å². The Morgan fingerprint density at radius 1 is 0.810 bits per heavy atom. The third-order valence-electron chi connectivity index (χ3n) is 4.46. The molecular weight excluding hydrogens is 256 g/mol. The van der Waals surface area contributed by atoms with Crippen molar-refractivity contribution < 1.29 is 5.11 Å². The predicted molar refractivity (Wildman–Crippen MR) is 92.8 cm³/mol. The molecule has 1 aromatic rings. The molecule has 0 amide bonds. The van der Waals surface area contributed by atoms with E-state index in [4.69, 9.17) is 0 Å². The van der Waals surface area contributed by atoms with Gasteiger partial charge < -0.3 is 5.11 Å². The molecule has 0 saturated heterocycles. The van der Waals surface area contributed by atoms with Gasteiger partial charge in [-0.1, -0.05) is 83.9 Å². The Morgan fingerprint density at radius 2 is 1.43 bits per heavy atom. The molecule has 1 heteroatoms. The molecule has 0 heterocycles. The number of aliphatic hydroxyl groups excluding tert-OH is 1. The summed E-state index contributed by atoms with van der Waals surface area (Å²) >= 11 is 0. The number of unbranched alkanes of at least 4 members (excludes halogenated alkanes) is 6. The summed E-state index contributed by atoms with van der Waals surface area (Å²) in [4.78, 5) is 0. The van der Waals surface area contributed by atoms with E-state index in [2.05, 4.69) is 39.0 Å². The van der Waals surface area contributed by atoms with Gasteiger partial charge in [-0.25, -0.2) is 0 Å². The molecule has 0 aromatic heterocycles. The Labute approximate surface area is 131 Å². The third-order valence-corrected chi connectivity index (χ3v) is 4.46. The fraction of sp³-hybridized carbons (Fsp3) is 0.700. The Morgan fingerprint density at radius 3 is 2.05 bits per heavy atom. The molecule has 120 valence electrons. The highest BCUT2D eigenvalue weighted by atomic mass is 16.3. The van der Waals surface area contributed by atoms with Gasteiger partial charge >= 0.3 is 0 Å². The van der Waals surface area contributed by atoms with Gasteiger partial charge in [0.1, 0.15) is 0 Å². The molecule has 0 radical (unpaired) electrons. The van der Waals surface area contributed by atoms with Crippen LogP contribution in [-0.4, -0.2) is 5.11 Å². The van der Waals surface area contributed by atoms with Gasteiger partial charge in [-0.15, -0.1) is 0 Å². The first kappa shape index (κ1) is 18.2. The highest BCUT2D eigenvalue weighted by molar-refractivity contribution is 5.33. The van der Waals surface area contributed by atoms with Gasteiger partial charge in [0.2, 0.25) is 0 Å². The lowest BCUT2D eigenvalue weighted by Gasteiger charge is -2.14. The van der Waals surface area contributed by atoms with Gasteiger partial charge in [-0.05, 0) is 36.0 Å². The minimum Gasteiger partial charge on any atom is -0.388 e. The normalized spacial score (nSPS) is 12.6. The molecule has 0 spiro atoms. The SMILES string of the molecule is CCCCCCCCCC(O)c1ccc(CC)c(CC)c1. The fourth-order valence-corrected chi connectivity index (χ4v) is 2.99. The van der Waals surface area contributed by atoms with Crippen LogP contribution in [0.1, 0.15) is 94.9 Å². The van der Waals surface area contributed by atoms with Crippen molar-refractivity contribution >= 4 is 0 Å². The Bertz CT molecular complexity index is 383. The first-order chi connectivity index (χ1) is 10.2. The molecule has 1 aromatic carbocycles. The summed E-state index contributed by atoms with van der Waals surface area (Å²) in [6.45, 7) is 6.65. The van der Waals surface area contributed by atoms with Gasteiger partial charge in [0.05, 0.1) is 6.10 Å². The van der Waals surface area contributed by atoms with Crippen molar-refractivity contribution in [3.63, 3.8) is 0 Å². The van der Waals surface area contributed by atoms with Crippen molar-refractivity contribution in [2.75, 3.05) is 0 Å². The van der Waals surface area contributed by atoms with E-state index in [0.717, 1.165) is 31.2 Å². The number of aliphatic hydroxyl groups is 1. The Balaban J connectivity index is 2.33. The van der Waals surface area contributed by atoms with Crippen LogP contribution in [0.3, 0.4) is 0 Å². The minimum absolute atomic E-state index is 0.281. The molecule has 0 saturated carbocycles. The molecule has 21 heavy (non-hydrogen) atoms. The van der Waals surface area contributed by atoms with Crippen molar-refractivity contribution in [1.82, 2.24) is 0 Å². The molecule has 1 rings (SSSR count). The summed E-state index contributed by atoms with van der Waals surface area (Å²) < 4.78 is 0. The molecule has 1 N–H and O–H groups in total. The second-order valence-corrected chi connectivity index (χ2v) is 6.16. The van der Waals surface area contributed by atoms with E-state index >= 15 is 0 Å². The minimum atomic E-state index is -0.281. The van der Waals surface area contributed by atoms with Crippen LogP contribution in [0, 0.1) is 0 Å². The van der Waals surface area contributed by atoms with E-state index in [0.29, 0.717) is 0 Å². The lowest BCUT2D eigenvalue weighted by atomic mass is 9.95. The molecule has 0 bridgehead atoms. The van der Waals surface area contributed by atoms with E-state index in [-0.39, 0.29) is 6.10 Å². The zero-order valence-corrected chi connectivity index (χ0v) is 14.3. The van der Waals surface area contributed by atoms with E-state index in [1.54, 1.807) is 0 Å². The van der Waals surface area contributed by atoms with Crippen molar-refractivity contribution in [2.24, 2.45) is 0 Å². The maximum atomic E-state index is 10.3. The van der Waals surface area contributed by atoms with Gasteiger partial charge in [-0.3, -0.25) is 0 Å². The zero-order chi connectivity index (χ0) is 15.5. The van der Waals surface area contributed by atoms with Crippen LogP contribution in [0.25, 0.3) is 0 Å². The van der Waals surface area contributed by atoms with Gasteiger partial charge in [-0.2, -0.15) is 0 Å². The summed E-state index contributed by atoms with van der Waals surface area (Å²) in [5.74, 6) is 0. The molecule has 0 aliphatic carbocycles. The molecular formula is C20H34O. The van der Waals surface area contributed by atoms with Crippen LogP contribution in [0.2, 0.25) is 0 Å². The molecule has 1 nitrogen and oxygen atoms in total. The molecule has 0 aliphatic heterocycles. The maximum Gasteiger partial charge on any atom is 0.0790 e. The van der Waals surface area contributed by atoms with E-state index in [1.807, 2.05) is 0 Å². The maximum absolute atomic E-state index is 10.3. The van der Waals surface area contributed by atoms with E-state index < -0.39 is 0 Å². The van der Waals surface area contributed by atoms with Crippen LogP contribution in [0.15, 0.2) is 18.2 Å². The van der Waals surface area contributed by atoms with Crippen LogP contribution in [-0.2, 0) is 12.8 Å². The monoisotopic (exact) mass is 290 g/mol. The number of hydrogen-bond acceptors (Lipinski definition) is 1. The number of aryl methyl sites for hydroxylation is 2. The first-order valence-electron chi connectivity index (χ1n) is 9.02. The fourth-order valence-electron chi connectivity index (χ4n) is 2.99. The lowest BCUT2D eigenvalue weighted by Crippen LogP contribution is -2.00. The van der Waals surface area contributed by atoms with E-state index in [9.17, 15) is 5.11 Å². The third kappa shape index (κ3) is 6.65. The van der Waals surface area contributed by atoms with Crippen molar-refractivity contribution in [2.45, 2.75) is 91.1 Å². The Hall–Kier alpha value is -0.820. The van der Waals surface area contributed by atoms with Crippen LogP contribution in [0.5, 0.6) is 0 Å². The number of hydrogen-bond donors (Lipinski definition) is 1. The standard InChI is InChI=1S/C20H34O/c1-4-7-8-9-10-11-12-13-20(21)19-15-14-17(5-2)18(6-3)16-19/h14-16,20-21H,4-13H2,1-3H3. The van der Waals surface area contributed by atoms with Crippen molar-refractivity contribution in [3.8, 4) is 0 Å². The summed E-state index contributed by atoms with van der Waals surface area (Å²) in [6.07, 6.45) is 11.9. The summed E-state index contributed by atoms with van der Waals surface area (Å²) in [5, 5.41) is 10.3. The zero-order valence-electron chi connectivity index (χ0n) is 14.3. The smallest absolute Gasteiger partial charge is 0.0790 e. The molecule has 1 atom stereocenters. The highest BCUT2D eigenvalue weighted by Gasteiger charge is 2.09. The average Bonchev–Trinajstić information content (AvgIpc) is 2.53.